The Labute approximate surface area is 83.2 Å². The number of para-hydroxylation sites is 2. The molecule has 0 amide bonds. The lowest BCUT2D eigenvalue weighted by molar-refractivity contribution is -0.673. The lowest BCUT2D eigenvalue weighted by atomic mass is 10.3. The molecule has 3 nitrogen and oxygen atoms in total. The van der Waals surface area contributed by atoms with Crippen LogP contribution >= 0.6 is 0 Å². The van der Waals surface area contributed by atoms with E-state index in [-0.39, 0.29) is 6.61 Å². The number of aryl methyl sites for hydroxylation is 1. The van der Waals surface area contributed by atoms with Crippen molar-refractivity contribution in [3.63, 3.8) is 0 Å². The first-order valence-corrected chi connectivity index (χ1v) is 4.95. The van der Waals surface area contributed by atoms with Crippen molar-refractivity contribution >= 4 is 11.0 Å². The fourth-order valence-corrected chi connectivity index (χ4v) is 1.78. The van der Waals surface area contributed by atoms with Crippen LogP contribution in [0.4, 0.5) is 0 Å². The van der Waals surface area contributed by atoms with Crippen LogP contribution in [0.1, 0.15) is 6.92 Å². The summed E-state index contributed by atoms with van der Waals surface area (Å²) in [5.74, 6) is 0. The number of nitrogens with zero attached hydrogens (tertiary/aromatic N) is 2. The van der Waals surface area contributed by atoms with Gasteiger partial charge in [-0.1, -0.05) is 12.1 Å². The largest absolute Gasteiger partial charge is 0.392 e. The monoisotopic (exact) mass is 191 g/mol. The molecule has 0 saturated heterocycles. The second-order valence-electron chi connectivity index (χ2n) is 3.31. The highest BCUT2D eigenvalue weighted by atomic mass is 16.3. The molecule has 0 spiro atoms. The number of benzene rings is 1. The van der Waals surface area contributed by atoms with Gasteiger partial charge < -0.3 is 5.11 Å². The van der Waals surface area contributed by atoms with E-state index in [0.717, 1.165) is 6.54 Å². The third-order valence-electron chi connectivity index (χ3n) is 2.46. The maximum atomic E-state index is 8.93. The number of aromatic nitrogens is 2. The van der Waals surface area contributed by atoms with E-state index in [1.54, 1.807) is 0 Å². The van der Waals surface area contributed by atoms with Crippen molar-refractivity contribution in [2.45, 2.75) is 20.0 Å². The number of aliphatic hydroxyl groups excluding tert-OH is 1. The van der Waals surface area contributed by atoms with Crippen molar-refractivity contribution in [2.24, 2.45) is 0 Å². The molecule has 3 heteroatoms. The van der Waals surface area contributed by atoms with Crippen molar-refractivity contribution in [2.75, 3.05) is 6.61 Å². The first-order chi connectivity index (χ1) is 6.86. The number of aliphatic hydroxyl groups is 1. The van der Waals surface area contributed by atoms with Gasteiger partial charge in [0.15, 0.2) is 11.0 Å². The summed E-state index contributed by atoms with van der Waals surface area (Å²) in [4.78, 5) is 0. The molecule has 0 bridgehead atoms. The lowest BCUT2D eigenvalue weighted by Gasteiger charge is -1.91. The molecular weight excluding hydrogens is 176 g/mol. The Bertz CT molecular complexity index is 434. The minimum Gasteiger partial charge on any atom is -0.392 e. The quantitative estimate of drug-likeness (QED) is 0.719. The third-order valence-corrected chi connectivity index (χ3v) is 2.46. The van der Waals surface area contributed by atoms with Gasteiger partial charge >= 0.3 is 0 Å². The second kappa shape index (κ2) is 3.80. The highest BCUT2D eigenvalue weighted by Gasteiger charge is 2.12. The van der Waals surface area contributed by atoms with E-state index in [0.29, 0.717) is 6.54 Å². The standard InChI is InChI=1S/C11H15N2O/c1-2-12-9-13(7-8-14)11-6-4-3-5-10(11)12/h3-6,9,14H,2,7-8H2,1H3/q+1. The van der Waals surface area contributed by atoms with Gasteiger partial charge in [-0.05, 0) is 19.1 Å². The van der Waals surface area contributed by atoms with Crippen LogP contribution in [0.15, 0.2) is 30.6 Å². The molecule has 1 N–H and O–H groups in total. The molecule has 2 rings (SSSR count). The topological polar surface area (TPSA) is 29.0 Å². The highest BCUT2D eigenvalue weighted by Crippen LogP contribution is 2.09. The van der Waals surface area contributed by atoms with E-state index < -0.39 is 0 Å². The van der Waals surface area contributed by atoms with Crippen LogP contribution in [0.2, 0.25) is 0 Å². The first-order valence-electron chi connectivity index (χ1n) is 4.95. The molecule has 2 aromatic rings. The molecule has 0 aliphatic rings. The summed E-state index contributed by atoms with van der Waals surface area (Å²) in [6.07, 6.45) is 2.06. The molecule has 0 aliphatic carbocycles. The smallest absolute Gasteiger partial charge is 0.244 e. The highest BCUT2D eigenvalue weighted by molar-refractivity contribution is 5.71. The van der Waals surface area contributed by atoms with E-state index in [9.17, 15) is 0 Å². The van der Waals surface area contributed by atoms with Gasteiger partial charge in [0.2, 0.25) is 6.33 Å². The first kappa shape index (κ1) is 9.21. The van der Waals surface area contributed by atoms with E-state index in [4.69, 9.17) is 5.11 Å². The number of imidazole rings is 1. The molecule has 0 fully saturated rings. The van der Waals surface area contributed by atoms with Crippen LogP contribution in [0.3, 0.4) is 0 Å². The zero-order valence-electron chi connectivity index (χ0n) is 8.35. The van der Waals surface area contributed by atoms with Crippen molar-refractivity contribution in [3.8, 4) is 0 Å². The van der Waals surface area contributed by atoms with Gasteiger partial charge in [-0.15, -0.1) is 0 Å². The summed E-state index contributed by atoms with van der Waals surface area (Å²) in [5.41, 5.74) is 2.41. The summed E-state index contributed by atoms with van der Waals surface area (Å²) >= 11 is 0. The maximum Gasteiger partial charge on any atom is 0.244 e. The van der Waals surface area contributed by atoms with Gasteiger partial charge in [-0.3, -0.25) is 0 Å². The number of hydrogen-bond donors (Lipinski definition) is 1. The van der Waals surface area contributed by atoms with Crippen LogP contribution in [0.5, 0.6) is 0 Å². The Morgan fingerprint density at radius 2 is 2.14 bits per heavy atom. The Morgan fingerprint density at radius 3 is 2.86 bits per heavy atom. The summed E-state index contributed by atoms with van der Waals surface area (Å²) in [6.45, 7) is 3.92. The summed E-state index contributed by atoms with van der Waals surface area (Å²) < 4.78 is 4.27. The third kappa shape index (κ3) is 1.40. The molecule has 0 aliphatic heterocycles. The molecule has 0 saturated carbocycles. The number of hydrogen-bond acceptors (Lipinski definition) is 1. The molecule has 74 valence electrons. The van der Waals surface area contributed by atoms with E-state index >= 15 is 0 Å². The van der Waals surface area contributed by atoms with Crippen LogP contribution < -0.4 is 4.57 Å². The van der Waals surface area contributed by atoms with Crippen molar-refractivity contribution in [3.05, 3.63) is 30.6 Å². The second-order valence-corrected chi connectivity index (χ2v) is 3.31. The molecule has 1 heterocycles. The van der Waals surface area contributed by atoms with E-state index in [1.165, 1.54) is 11.0 Å². The Balaban J connectivity index is 2.61. The fraction of sp³-hybridized carbons (Fsp3) is 0.364. The molecular formula is C11H15N2O+. The molecule has 1 aromatic carbocycles. The molecule has 0 unspecified atom stereocenters. The molecule has 14 heavy (non-hydrogen) atoms. The predicted octanol–water partition coefficient (Wildman–Crippen LogP) is 0.941. The summed E-state index contributed by atoms with van der Waals surface area (Å²) in [7, 11) is 0. The van der Waals surface area contributed by atoms with Crippen LogP contribution in [0.25, 0.3) is 11.0 Å². The van der Waals surface area contributed by atoms with Gasteiger partial charge in [0.25, 0.3) is 0 Å². The number of rotatable bonds is 3. The Kier molecular flexibility index (Phi) is 2.50. The van der Waals surface area contributed by atoms with Crippen molar-refractivity contribution in [1.29, 1.82) is 0 Å². The van der Waals surface area contributed by atoms with Crippen LogP contribution in [-0.4, -0.2) is 16.3 Å². The van der Waals surface area contributed by atoms with Crippen LogP contribution in [0, 0.1) is 0 Å². The summed E-state index contributed by atoms with van der Waals surface area (Å²) in [6, 6.07) is 8.25. The molecule has 0 atom stereocenters. The Hall–Kier alpha value is -1.35. The Morgan fingerprint density at radius 1 is 1.36 bits per heavy atom. The van der Waals surface area contributed by atoms with Gasteiger partial charge in [0, 0.05) is 0 Å². The lowest BCUT2D eigenvalue weighted by Crippen LogP contribution is -2.34. The average Bonchev–Trinajstić information content (AvgIpc) is 2.58. The molecule has 0 radical (unpaired) electrons. The van der Waals surface area contributed by atoms with Gasteiger partial charge in [-0.2, -0.15) is 0 Å². The van der Waals surface area contributed by atoms with E-state index in [2.05, 4.69) is 34.5 Å². The minimum absolute atomic E-state index is 0.183. The zero-order valence-corrected chi connectivity index (χ0v) is 8.35. The van der Waals surface area contributed by atoms with Crippen LogP contribution in [-0.2, 0) is 13.1 Å². The minimum atomic E-state index is 0.183. The number of fused-ring (bicyclic) bond motifs is 1. The van der Waals surface area contributed by atoms with Gasteiger partial charge in [-0.25, -0.2) is 9.13 Å². The van der Waals surface area contributed by atoms with E-state index in [1.807, 2.05) is 12.1 Å². The van der Waals surface area contributed by atoms with Crippen molar-refractivity contribution in [1.82, 2.24) is 4.57 Å². The fourth-order valence-electron chi connectivity index (χ4n) is 1.78. The summed E-state index contributed by atoms with van der Waals surface area (Å²) in [5, 5.41) is 8.93. The SMILES string of the molecule is CCn1c[n+](CCO)c2ccccc21. The maximum absolute atomic E-state index is 8.93. The predicted molar refractivity (Wildman–Crippen MR) is 54.9 cm³/mol. The van der Waals surface area contributed by atoms with Gasteiger partial charge in [0.1, 0.15) is 6.54 Å². The van der Waals surface area contributed by atoms with Gasteiger partial charge in [0.05, 0.1) is 13.2 Å². The van der Waals surface area contributed by atoms with Crippen molar-refractivity contribution < 1.29 is 9.67 Å². The average molecular weight is 191 g/mol. The normalized spacial score (nSPS) is 11.0. The zero-order chi connectivity index (χ0) is 9.97. The molecule has 1 aromatic heterocycles.